The van der Waals surface area contributed by atoms with Crippen molar-refractivity contribution >= 4 is 50.7 Å². The zero-order chi connectivity index (χ0) is 29.7. The number of aryl methyl sites for hydroxylation is 1. The number of nitrogens with zero attached hydrogens (tertiary/aromatic N) is 2. The van der Waals surface area contributed by atoms with Gasteiger partial charge >= 0.3 is 0 Å². The van der Waals surface area contributed by atoms with Crippen LogP contribution in [0, 0.1) is 6.92 Å². The van der Waals surface area contributed by atoms with Crippen molar-refractivity contribution in [2.75, 3.05) is 17.4 Å². The SMILES string of the molecule is Cc1ccc(S(=O)(=O)N(CC(=O)N(CCc2ccccc2)[C@H](C)C(=O)NC(C)(C)C)c2cc(Cl)ccc2Cl)cc1. The third-order valence-electron chi connectivity index (χ3n) is 6.21. The van der Waals surface area contributed by atoms with Crippen molar-refractivity contribution in [3.63, 3.8) is 0 Å². The van der Waals surface area contributed by atoms with Crippen molar-refractivity contribution in [1.82, 2.24) is 10.2 Å². The number of carbonyl (C=O) groups is 2. The minimum atomic E-state index is -4.24. The van der Waals surface area contributed by atoms with Crippen LogP contribution in [0.3, 0.4) is 0 Å². The lowest BCUT2D eigenvalue weighted by molar-refractivity contribution is -0.139. The van der Waals surface area contributed by atoms with Crippen LogP contribution in [0.15, 0.2) is 77.7 Å². The topological polar surface area (TPSA) is 86.8 Å². The van der Waals surface area contributed by atoms with E-state index in [9.17, 15) is 18.0 Å². The largest absolute Gasteiger partial charge is 0.350 e. The molecular weight excluding hydrogens is 569 g/mol. The Bertz CT molecular complexity index is 1440. The average Bonchev–Trinajstić information content (AvgIpc) is 2.88. The molecule has 1 atom stereocenters. The van der Waals surface area contributed by atoms with Gasteiger partial charge in [0.25, 0.3) is 10.0 Å². The summed E-state index contributed by atoms with van der Waals surface area (Å²) in [6, 6.07) is 19.4. The molecule has 0 bridgehead atoms. The minimum Gasteiger partial charge on any atom is -0.350 e. The summed E-state index contributed by atoms with van der Waals surface area (Å²) in [6.07, 6.45) is 0.475. The second kappa shape index (κ2) is 13.1. The highest BCUT2D eigenvalue weighted by Crippen LogP contribution is 2.33. The fourth-order valence-electron chi connectivity index (χ4n) is 4.07. The second-order valence-corrected chi connectivity index (χ2v) is 13.4. The first kappa shape index (κ1) is 31.5. The summed E-state index contributed by atoms with van der Waals surface area (Å²) in [7, 11) is -4.24. The molecule has 0 aliphatic rings. The Morgan fingerprint density at radius 2 is 1.57 bits per heavy atom. The molecule has 214 valence electrons. The molecular formula is C30H35Cl2N3O4S. The van der Waals surface area contributed by atoms with Crippen LogP contribution in [0.2, 0.25) is 10.0 Å². The van der Waals surface area contributed by atoms with E-state index in [1.54, 1.807) is 19.1 Å². The van der Waals surface area contributed by atoms with E-state index in [2.05, 4.69) is 5.32 Å². The Hall–Kier alpha value is -3.07. The second-order valence-electron chi connectivity index (χ2n) is 10.7. The lowest BCUT2D eigenvalue weighted by Gasteiger charge is -2.33. The first-order valence-electron chi connectivity index (χ1n) is 12.9. The van der Waals surface area contributed by atoms with Gasteiger partial charge in [-0.3, -0.25) is 13.9 Å². The maximum atomic E-state index is 14.0. The number of anilines is 1. The highest BCUT2D eigenvalue weighted by Gasteiger charge is 2.34. The summed E-state index contributed by atoms with van der Waals surface area (Å²) in [5.41, 5.74) is 1.41. The van der Waals surface area contributed by atoms with Gasteiger partial charge in [-0.05, 0) is 76.9 Å². The van der Waals surface area contributed by atoms with Crippen molar-refractivity contribution in [3.8, 4) is 0 Å². The maximum Gasteiger partial charge on any atom is 0.264 e. The van der Waals surface area contributed by atoms with Gasteiger partial charge in [-0.25, -0.2) is 8.42 Å². The molecule has 3 aromatic carbocycles. The van der Waals surface area contributed by atoms with E-state index >= 15 is 0 Å². The number of hydrogen-bond donors (Lipinski definition) is 1. The summed E-state index contributed by atoms with van der Waals surface area (Å²) in [5, 5.41) is 3.28. The number of halogens is 2. The number of carbonyl (C=O) groups excluding carboxylic acids is 2. The van der Waals surface area contributed by atoms with Crippen molar-refractivity contribution < 1.29 is 18.0 Å². The van der Waals surface area contributed by atoms with E-state index in [1.165, 1.54) is 35.2 Å². The average molecular weight is 605 g/mol. The van der Waals surface area contributed by atoms with Gasteiger partial charge in [0.15, 0.2) is 0 Å². The van der Waals surface area contributed by atoms with Crippen molar-refractivity contribution in [3.05, 3.63) is 94.0 Å². The third-order valence-corrected chi connectivity index (χ3v) is 8.54. The molecule has 10 heteroatoms. The molecule has 0 radical (unpaired) electrons. The van der Waals surface area contributed by atoms with Crippen molar-refractivity contribution in [1.29, 1.82) is 0 Å². The Morgan fingerprint density at radius 3 is 2.17 bits per heavy atom. The monoisotopic (exact) mass is 603 g/mol. The lowest BCUT2D eigenvalue weighted by atomic mass is 10.1. The molecule has 3 aromatic rings. The Balaban J connectivity index is 2.03. The Kier molecular flexibility index (Phi) is 10.3. The molecule has 0 saturated carbocycles. The molecule has 0 spiro atoms. The highest BCUT2D eigenvalue weighted by atomic mass is 35.5. The molecule has 0 unspecified atom stereocenters. The van der Waals surface area contributed by atoms with Gasteiger partial charge in [0, 0.05) is 17.1 Å². The molecule has 0 aliphatic carbocycles. The van der Waals surface area contributed by atoms with E-state index in [0.29, 0.717) is 6.42 Å². The number of sulfonamides is 1. The van der Waals surface area contributed by atoms with Gasteiger partial charge in [0.05, 0.1) is 15.6 Å². The summed E-state index contributed by atoms with van der Waals surface area (Å²) in [5.74, 6) is -0.901. The molecule has 0 heterocycles. The van der Waals surface area contributed by atoms with E-state index in [1.807, 2.05) is 58.0 Å². The molecule has 7 nitrogen and oxygen atoms in total. The normalized spacial score (nSPS) is 12.5. The van der Waals surface area contributed by atoms with Crippen LogP contribution in [-0.4, -0.2) is 49.8 Å². The quantitative estimate of drug-likeness (QED) is 0.314. The fourth-order valence-corrected chi connectivity index (χ4v) is 5.93. The van der Waals surface area contributed by atoms with Crippen LogP contribution in [0.25, 0.3) is 0 Å². The van der Waals surface area contributed by atoms with E-state index in [0.717, 1.165) is 15.4 Å². The smallest absolute Gasteiger partial charge is 0.264 e. The first-order valence-corrected chi connectivity index (χ1v) is 15.1. The molecule has 1 N–H and O–H groups in total. The summed E-state index contributed by atoms with van der Waals surface area (Å²) in [6.45, 7) is 8.65. The van der Waals surface area contributed by atoms with Crippen LogP contribution in [0.5, 0.6) is 0 Å². The molecule has 40 heavy (non-hydrogen) atoms. The van der Waals surface area contributed by atoms with Gasteiger partial charge in [-0.2, -0.15) is 0 Å². The van der Waals surface area contributed by atoms with Crippen LogP contribution < -0.4 is 9.62 Å². The number of amides is 2. The predicted octanol–water partition coefficient (Wildman–Crippen LogP) is 5.87. The number of nitrogens with one attached hydrogen (secondary N) is 1. The summed E-state index contributed by atoms with van der Waals surface area (Å²) in [4.78, 5) is 28.5. The fraction of sp³-hybridized carbons (Fsp3) is 0.333. The Labute approximate surface area is 247 Å². The Morgan fingerprint density at radius 1 is 0.950 bits per heavy atom. The summed E-state index contributed by atoms with van der Waals surface area (Å²) >= 11 is 12.7. The van der Waals surface area contributed by atoms with Gasteiger partial charge in [-0.1, -0.05) is 71.2 Å². The van der Waals surface area contributed by atoms with Gasteiger partial charge in [0.1, 0.15) is 12.6 Å². The molecule has 0 aliphatic heterocycles. The van der Waals surface area contributed by atoms with Gasteiger partial charge in [0.2, 0.25) is 11.8 Å². The molecule has 0 aromatic heterocycles. The van der Waals surface area contributed by atoms with Crippen LogP contribution in [-0.2, 0) is 26.0 Å². The zero-order valence-electron chi connectivity index (χ0n) is 23.3. The predicted molar refractivity (Wildman–Crippen MR) is 161 cm³/mol. The molecule has 0 saturated heterocycles. The highest BCUT2D eigenvalue weighted by molar-refractivity contribution is 7.92. The molecule has 3 rings (SSSR count). The van der Waals surface area contributed by atoms with E-state index in [-0.39, 0.29) is 33.1 Å². The number of hydrogen-bond acceptors (Lipinski definition) is 4. The van der Waals surface area contributed by atoms with Crippen LogP contribution in [0.1, 0.15) is 38.8 Å². The van der Waals surface area contributed by atoms with Gasteiger partial charge < -0.3 is 10.2 Å². The van der Waals surface area contributed by atoms with E-state index < -0.39 is 34.1 Å². The number of benzene rings is 3. The molecule has 2 amide bonds. The lowest BCUT2D eigenvalue weighted by Crippen LogP contribution is -2.55. The van der Waals surface area contributed by atoms with Crippen LogP contribution >= 0.6 is 23.2 Å². The number of rotatable bonds is 10. The first-order chi connectivity index (χ1) is 18.7. The van der Waals surface area contributed by atoms with Gasteiger partial charge in [-0.15, -0.1) is 0 Å². The summed E-state index contributed by atoms with van der Waals surface area (Å²) < 4.78 is 28.8. The van der Waals surface area contributed by atoms with Crippen molar-refractivity contribution in [2.24, 2.45) is 0 Å². The van der Waals surface area contributed by atoms with Crippen molar-refractivity contribution in [2.45, 2.75) is 57.5 Å². The third kappa shape index (κ3) is 8.22. The maximum absolute atomic E-state index is 14.0. The zero-order valence-corrected chi connectivity index (χ0v) is 25.6. The molecule has 0 fully saturated rings. The standard InChI is InChI=1S/C30H35Cl2N3O4S/c1-21-11-14-25(15-12-21)40(38,39)35(27-19-24(31)13-16-26(27)32)20-28(36)34(18-17-23-9-7-6-8-10-23)22(2)29(37)33-30(3,4)5/h6-16,19,22H,17-18,20H2,1-5H3,(H,33,37)/t22-/m1/s1. The van der Waals surface area contributed by atoms with E-state index in [4.69, 9.17) is 23.2 Å². The minimum absolute atomic E-state index is 0.00342. The van der Waals surface area contributed by atoms with Crippen LogP contribution in [0.4, 0.5) is 5.69 Å².